The fraction of sp³-hybridized carbons (Fsp3) is 0.726. The fourth-order valence-electron chi connectivity index (χ4n) is 9.05. The molecule has 5 atom stereocenters. The van der Waals surface area contributed by atoms with Crippen LogP contribution < -0.4 is 0 Å². The lowest BCUT2D eigenvalue weighted by atomic mass is 10.1. The lowest BCUT2D eigenvalue weighted by Crippen LogP contribution is -2.30. The van der Waals surface area contributed by atoms with Crippen molar-refractivity contribution in [2.24, 2.45) is 0 Å². The predicted octanol–water partition coefficient (Wildman–Crippen LogP) is 19.7. The molecule has 0 bridgehead atoms. The van der Waals surface area contributed by atoms with Crippen LogP contribution in [0.5, 0.6) is 0 Å². The van der Waals surface area contributed by atoms with Crippen molar-refractivity contribution in [1.29, 1.82) is 0 Å². The monoisotopic (exact) mass is 1340 g/mol. The van der Waals surface area contributed by atoms with Gasteiger partial charge < -0.3 is 33.8 Å². The molecule has 0 aliphatic rings. The smallest absolute Gasteiger partial charge is 0.462 e. The highest BCUT2D eigenvalue weighted by Crippen LogP contribution is 2.45. The van der Waals surface area contributed by atoms with E-state index in [4.69, 9.17) is 37.0 Å². The Hall–Kier alpha value is -4.02. The van der Waals surface area contributed by atoms with Crippen molar-refractivity contribution < 1.29 is 80.2 Å². The van der Waals surface area contributed by atoms with E-state index in [1.807, 2.05) is 0 Å². The zero-order valence-electron chi connectivity index (χ0n) is 57.4. The summed E-state index contributed by atoms with van der Waals surface area (Å²) in [5.74, 6) is -2.23. The number of carbonyl (C=O) groups excluding carboxylic acids is 4. The van der Waals surface area contributed by atoms with E-state index in [-0.39, 0.29) is 25.7 Å². The van der Waals surface area contributed by atoms with Gasteiger partial charge in [0.15, 0.2) is 12.2 Å². The summed E-state index contributed by atoms with van der Waals surface area (Å²) < 4.78 is 68.2. The third-order valence-corrected chi connectivity index (χ3v) is 16.4. The molecule has 0 aromatic rings. The second-order valence-corrected chi connectivity index (χ2v) is 26.3. The molecule has 0 saturated heterocycles. The number of phosphoric acid groups is 2. The third-order valence-electron chi connectivity index (χ3n) is 14.5. The molecule has 0 aromatic heterocycles. The van der Waals surface area contributed by atoms with Crippen molar-refractivity contribution in [2.75, 3.05) is 39.6 Å². The maximum atomic E-state index is 13.0. The van der Waals surface area contributed by atoms with E-state index >= 15 is 0 Å². The molecule has 0 radical (unpaired) electrons. The molecule has 0 saturated carbocycles. The molecule has 0 aliphatic carbocycles. The molecular formula is C73H126O17P2. The molecule has 0 rings (SSSR count). The average molecular weight is 1340 g/mol. The van der Waals surface area contributed by atoms with Crippen LogP contribution in [0.2, 0.25) is 0 Å². The summed E-state index contributed by atoms with van der Waals surface area (Å²) >= 11 is 0. The van der Waals surface area contributed by atoms with Crippen LogP contribution in [0.1, 0.15) is 285 Å². The number of hydrogen-bond acceptors (Lipinski definition) is 15. The van der Waals surface area contributed by atoms with Gasteiger partial charge in [0.2, 0.25) is 0 Å². The summed E-state index contributed by atoms with van der Waals surface area (Å²) in [5, 5.41) is 10.6. The molecule has 5 unspecified atom stereocenters. The summed E-state index contributed by atoms with van der Waals surface area (Å²) in [7, 11) is -9.95. The second-order valence-electron chi connectivity index (χ2n) is 23.4. The Morgan fingerprint density at radius 2 is 0.587 bits per heavy atom. The van der Waals surface area contributed by atoms with Crippen molar-refractivity contribution in [1.82, 2.24) is 0 Å². The number of unbranched alkanes of at least 4 members (excludes halogenated alkanes) is 24. The molecule has 0 fully saturated rings. The Bertz CT molecular complexity index is 2130. The van der Waals surface area contributed by atoms with Crippen LogP contribution in [-0.4, -0.2) is 96.7 Å². The number of aliphatic hydroxyl groups is 1. The first-order valence-corrected chi connectivity index (χ1v) is 38.5. The Labute approximate surface area is 557 Å². The van der Waals surface area contributed by atoms with E-state index in [0.29, 0.717) is 25.7 Å². The Balaban J connectivity index is 5.35. The van der Waals surface area contributed by atoms with Gasteiger partial charge in [0, 0.05) is 25.7 Å². The molecule has 0 aromatic carbocycles. The lowest BCUT2D eigenvalue weighted by Gasteiger charge is -2.21. The molecule has 92 heavy (non-hydrogen) atoms. The molecule has 3 N–H and O–H groups in total. The quantitative estimate of drug-likeness (QED) is 0.0169. The van der Waals surface area contributed by atoms with Gasteiger partial charge in [-0.15, -0.1) is 0 Å². The third kappa shape index (κ3) is 64.7. The van der Waals surface area contributed by atoms with Crippen molar-refractivity contribution in [3.8, 4) is 0 Å². The first-order valence-electron chi connectivity index (χ1n) is 35.5. The molecule has 17 nitrogen and oxygen atoms in total. The minimum atomic E-state index is -4.98. The van der Waals surface area contributed by atoms with Crippen LogP contribution in [0.25, 0.3) is 0 Å². The topological polar surface area (TPSA) is 237 Å². The van der Waals surface area contributed by atoms with Gasteiger partial charge in [-0.3, -0.25) is 37.3 Å². The summed E-state index contributed by atoms with van der Waals surface area (Å²) in [6.07, 6.45) is 65.6. The maximum Gasteiger partial charge on any atom is 0.472 e. The first kappa shape index (κ1) is 88.0. The molecule has 0 heterocycles. The van der Waals surface area contributed by atoms with E-state index in [0.717, 1.165) is 193 Å². The SMILES string of the molecule is CC/C=C\C/C=C\C/C=C\CCCCCCCC(=O)OCC(COP(=O)(O)OCC(O)COP(=O)(O)OCC(COC(=O)CCCCCCC/C=C\C/C=C\CCC)OC(=O)CCCCCCC/C=C\CCCC)OC(=O)CCCCCCC/C=C\C/C=C\CCC. The summed E-state index contributed by atoms with van der Waals surface area (Å²) in [6.45, 7) is 4.51. The number of esters is 4. The van der Waals surface area contributed by atoms with Gasteiger partial charge in [0.25, 0.3) is 0 Å². The fourth-order valence-corrected chi connectivity index (χ4v) is 10.6. The van der Waals surface area contributed by atoms with E-state index in [1.165, 1.54) is 12.8 Å². The summed E-state index contributed by atoms with van der Waals surface area (Å²) in [5.41, 5.74) is 0. The number of phosphoric ester groups is 2. The van der Waals surface area contributed by atoms with Crippen LogP contribution in [-0.2, 0) is 65.4 Å². The number of aliphatic hydroxyl groups excluding tert-OH is 1. The first-order chi connectivity index (χ1) is 44.7. The zero-order chi connectivity index (χ0) is 67.5. The van der Waals surface area contributed by atoms with Crippen molar-refractivity contribution in [2.45, 2.75) is 303 Å². The predicted molar refractivity (Wildman–Crippen MR) is 372 cm³/mol. The van der Waals surface area contributed by atoms with Gasteiger partial charge in [-0.05, 0) is 128 Å². The summed E-state index contributed by atoms with van der Waals surface area (Å²) in [6, 6.07) is 0. The van der Waals surface area contributed by atoms with Crippen molar-refractivity contribution in [3.63, 3.8) is 0 Å². The van der Waals surface area contributed by atoms with Gasteiger partial charge in [0.05, 0.1) is 26.4 Å². The molecule has 0 spiro atoms. The van der Waals surface area contributed by atoms with Crippen molar-refractivity contribution >= 4 is 39.5 Å². The van der Waals surface area contributed by atoms with Crippen LogP contribution in [0.3, 0.4) is 0 Å². The summed E-state index contributed by atoms with van der Waals surface area (Å²) in [4.78, 5) is 72.5. The normalized spacial score (nSPS) is 14.6. The van der Waals surface area contributed by atoms with Gasteiger partial charge in [-0.25, -0.2) is 9.13 Å². The minimum Gasteiger partial charge on any atom is -0.462 e. The van der Waals surface area contributed by atoms with Crippen LogP contribution >= 0.6 is 15.6 Å². The maximum absolute atomic E-state index is 13.0. The molecular weight excluding hydrogens is 1210 g/mol. The average Bonchev–Trinajstić information content (AvgIpc) is 2.73. The molecule has 0 amide bonds. The highest BCUT2D eigenvalue weighted by molar-refractivity contribution is 7.47. The zero-order valence-corrected chi connectivity index (χ0v) is 59.2. The van der Waals surface area contributed by atoms with Gasteiger partial charge in [-0.1, -0.05) is 228 Å². The highest BCUT2D eigenvalue weighted by atomic mass is 31.2. The number of ether oxygens (including phenoxy) is 4. The standard InChI is InChI=1S/C73H126O17P2/c1-5-9-13-17-21-25-29-32-33-36-39-42-46-50-54-58-71(76)84-64-69(90-73(78)60-56-52-48-44-40-35-31-27-23-19-15-11-7-3)66-88-92(81,82)86-62-67(74)61-85-91(79,80)87-65-68(89-72(77)59-55-51-47-43-37-28-24-20-16-12-8-4)63-83-70(75)57-53-49-45-41-38-34-30-26-22-18-14-10-6-2/h9,13-15,18-21,24-27,30-33,67-69,74H,5-8,10-12,16-17,22-23,28-29,34-66H2,1-4H3,(H,79,80)(H,81,82)/b13-9-,18-14-,19-15-,24-20-,25-21-,30-26-,31-27-,33-32-. The second kappa shape index (κ2) is 65.6. The Morgan fingerprint density at radius 1 is 0.315 bits per heavy atom. The van der Waals surface area contributed by atoms with Crippen molar-refractivity contribution in [3.05, 3.63) is 97.2 Å². The van der Waals surface area contributed by atoms with E-state index in [2.05, 4.69) is 125 Å². The van der Waals surface area contributed by atoms with E-state index in [1.54, 1.807) is 0 Å². The Kier molecular flexibility index (Phi) is 62.8. The Morgan fingerprint density at radius 3 is 0.924 bits per heavy atom. The van der Waals surface area contributed by atoms with Gasteiger partial charge in [-0.2, -0.15) is 0 Å². The molecule has 0 aliphatic heterocycles. The minimum absolute atomic E-state index is 0.0740. The number of rotatable bonds is 66. The van der Waals surface area contributed by atoms with Gasteiger partial charge in [0.1, 0.15) is 19.3 Å². The molecule has 19 heteroatoms. The largest absolute Gasteiger partial charge is 0.472 e. The number of hydrogen-bond donors (Lipinski definition) is 3. The van der Waals surface area contributed by atoms with E-state index in [9.17, 15) is 43.2 Å². The van der Waals surface area contributed by atoms with Crippen LogP contribution in [0, 0.1) is 0 Å². The number of carbonyl (C=O) groups is 4. The lowest BCUT2D eigenvalue weighted by molar-refractivity contribution is -0.161. The number of allylic oxidation sites excluding steroid dienone is 16. The molecule has 530 valence electrons. The highest BCUT2D eigenvalue weighted by Gasteiger charge is 2.30. The van der Waals surface area contributed by atoms with Crippen LogP contribution in [0.4, 0.5) is 0 Å². The van der Waals surface area contributed by atoms with E-state index < -0.39 is 97.5 Å². The van der Waals surface area contributed by atoms with Gasteiger partial charge >= 0.3 is 39.5 Å². The van der Waals surface area contributed by atoms with Crippen LogP contribution in [0.15, 0.2) is 97.2 Å².